The second kappa shape index (κ2) is 5.57. The maximum Gasteiger partial charge on any atom is 0.164 e. The van der Waals surface area contributed by atoms with Crippen molar-refractivity contribution >= 4 is 22.6 Å². The van der Waals surface area contributed by atoms with E-state index in [0.29, 0.717) is 6.42 Å². The molecule has 0 radical (unpaired) electrons. The number of thioether (sulfide) groups is 1. The largest absolute Gasteiger partial charge is 0.349 e. The maximum absolute atomic E-state index is 8.58. The monoisotopic (exact) mass is 231 g/mol. The van der Waals surface area contributed by atoms with Crippen LogP contribution in [0.15, 0.2) is 35.3 Å². The Morgan fingerprint density at radius 1 is 1.38 bits per heavy atom. The van der Waals surface area contributed by atoms with Crippen molar-refractivity contribution in [3.63, 3.8) is 0 Å². The summed E-state index contributed by atoms with van der Waals surface area (Å²) in [6.07, 6.45) is 0.564. The minimum Gasteiger partial charge on any atom is -0.349 e. The minimum atomic E-state index is 0.564. The van der Waals surface area contributed by atoms with Gasteiger partial charge in [0.2, 0.25) is 0 Å². The van der Waals surface area contributed by atoms with E-state index in [-0.39, 0.29) is 0 Å². The summed E-state index contributed by atoms with van der Waals surface area (Å²) in [5.74, 6) is 1.07. The van der Waals surface area contributed by atoms with E-state index in [0.717, 1.165) is 29.7 Å². The summed E-state index contributed by atoms with van der Waals surface area (Å²) >= 11 is 1.76. The zero-order valence-corrected chi connectivity index (χ0v) is 9.78. The van der Waals surface area contributed by atoms with E-state index >= 15 is 0 Å². The van der Waals surface area contributed by atoms with Gasteiger partial charge in [0, 0.05) is 18.8 Å². The lowest BCUT2D eigenvalue weighted by Gasteiger charge is -2.15. The number of hydrogen-bond acceptors (Lipinski definition) is 3. The summed E-state index contributed by atoms with van der Waals surface area (Å²) in [7, 11) is 0. The predicted molar refractivity (Wildman–Crippen MR) is 67.8 cm³/mol. The molecule has 0 aromatic heterocycles. The molecular formula is C12H13N3S. The molecule has 0 amide bonds. The average molecular weight is 231 g/mol. The smallest absolute Gasteiger partial charge is 0.164 e. The van der Waals surface area contributed by atoms with E-state index in [1.165, 1.54) is 0 Å². The number of para-hydroxylation sites is 1. The van der Waals surface area contributed by atoms with Crippen LogP contribution < -0.4 is 0 Å². The lowest BCUT2D eigenvalue weighted by Crippen LogP contribution is -2.25. The Morgan fingerprint density at radius 2 is 2.19 bits per heavy atom. The van der Waals surface area contributed by atoms with Gasteiger partial charge in [0.25, 0.3) is 0 Å². The van der Waals surface area contributed by atoms with Crippen LogP contribution in [-0.2, 0) is 0 Å². The molecule has 82 valence electrons. The molecule has 1 heterocycles. The summed E-state index contributed by atoms with van der Waals surface area (Å²) in [5, 5.41) is 9.62. The average Bonchev–Trinajstić information content (AvgIpc) is 2.75. The second-order valence-electron chi connectivity index (χ2n) is 3.47. The number of amidine groups is 1. The zero-order valence-electron chi connectivity index (χ0n) is 8.97. The Morgan fingerprint density at radius 3 is 2.94 bits per heavy atom. The topological polar surface area (TPSA) is 39.4 Å². The molecule has 0 spiro atoms. The molecule has 16 heavy (non-hydrogen) atoms. The maximum atomic E-state index is 8.58. The van der Waals surface area contributed by atoms with Gasteiger partial charge in [-0.15, -0.1) is 0 Å². The molecule has 1 saturated heterocycles. The van der Waals surface area contributed by atoms with Gasteiger partial charge >= 0.3 is 0 Å². The van der Waals surface area contributed by atoms with Gasteiger partial charge < -0.3 is 4.90 Å². The van der Waals surface area contributed by atoms with Crippen molar-refractivity contribution in [2.24, 2.45) is 4.99 Å². The molecule has 1 aromatic carbocycles. The highest BCUT2D eigenvalue weighted by molar-refractivity contribution is 8.14. The quantitative estimate of drug-likeness (QED) is 0.802. The molecule has 1 aliphatic rings. The molecule has 0 saturated carbocycles. The number of nitrogens with zero attached hydrogens (tertiary/aromatic N) is 3. The van der Waals surface area contributed by atoms with Crippen molar-refractivity contribution in [3.8, 4) is 6.07 Å². The van der Waals surface area contributed by atoms with E-state index < -0.39 is 0 Å². The second-order valence-corrected chi connectivity index (χ2v) is 4.54. The lowest BCUT2D eigenvalue weighted by molar-refractivity contribution is 0.472. The van der Waals surface area contributed by atoms with Crippen LogP contribution in [0.5, 0.6) is 0 Å². The fourth-order valence-corrected chi connectivity index (χ4v) is 2.57. The Hall–Kier alpha value is -1.47. The van der Waals surface area contributed by atoms with Crippen LogP contribution in [0, 0.1) is 11.3 Å². The normalized spacial score (nSPS) is 17.7. The Labute approximate surface area is 99.8 Å². The van der Waals surface area contributed by atoms with Crippen LogP contribution in [0.25, 0.3) is 0 Å². The number of rotatable bonds is 3. The van der Waals surface area contributed by atoms with E-state index in [9.17, 15) is 0 Å². The number of aliphatic imine (C=N–C) groups is 1. The zero-order chi connectivity index (χ0) is 11.2. The molecule has 1 aliphatic heterocycles. The summed E-state index contributed by atoms with van der Waals surface area (Å²) in [4.78, 5) is 6.77. The summed E-state index contributed by atoms with van der Waals surface area (Å²) in [6, 6.07) is 12.1. The fourth-order valence-electron chi connectivity index (χ4n) is 1.54. The molecule has 1 fully saturated rings. The fraction of sp³-hybridized carbons (Fsp3) is 0.333. The Kier molecular flexibility index (Phi) is 3.84. The van der Waals surface area contributed by atoms with Crippen LogP contribution in [0.1, 0.15) is 6.42 Å². The molecule has 3 nitrogen and oxygen atoms in total. The van der Waals surface area contributed by atoms with Crippen molar-refractivity contribution in [1.29, 1.82) is 5.26 Å². The molecule has 1 aromatic rings. The van der Waals surface area contributed by atoms with Crippen molar-refractivity contribution in [2.45, 2.75) is 6.42 Å². The third-order valence-electron chi connectivity index (χ3n) is 2.34. The Bertz CT molecular complexity index is 408. The first kappa shape index (κ1) is 11.0. The van der Waals surface area contributed by atoms with Crippen LogP contribution in [0.2, 0.25) is 0 Å². The number of hydrogen-bond donors (Lipinski definition) is 0. The SMILES string of the molecule is N#CCCN1CCSC1=Nc1ccccc1. The lowest BCUT2D eigenvalue weighted by atomic mass is 10.3. The summed E-state index contributed by atoms with van der Waals surface area (Å²) in [6.45, 7) is 1.78. The third kappa shape index (κ3) is 2.77. The van der Waals surface area contributed by atoms with Crippen molar-refractivity contribution in [2.75, 3.05) is 18.8 Å². The van der Waals surface area contributed by atoms with Gasteiger partial charge in [-0.1, -0.05) is 30.0 Å². The number of benzene rings is 1. The van der Waals surface area contributed by atoms with Crippen molar-refractivity contribution < 1.29 is 0 Å². The minimum absolute atomic E-state index is 0.564. The number of nitriles is 1. The van der Waals surface area contributed by atoms with Gasteiger partial charge in [-0.05, 0) is 12.1 Å². The molecule has 2 rings (SSSR count). The summed E-state index contributed by atoms with van der Waals surface area (Å²) < 4.78 is 0. The van der Waals surface area contributed by atoms with Gasteiger partial charge in [0.05, 0.1) is 18.2 Å². The van der Waals surface area contributed by atoms with Crippen molar-refractivity contribution in [1.82, 2.24) is 4.90 Å². The van der Waals surface area contributed by atoms with E-state index in [1.54, 1.807) is 11.8 Å². The van der Waals surface area contributed by atoms with E-state index in [2.05, 4.69) is 16.0 Å². The highest BCUT2D eigenvalue weighted by Crippen LogP contribution is 2.22. The van der Waals surface area contributed by atoms with Crippen LogP contribution in [0.4, 0.5) is 5.69 Å². The first-order valence-corrected chi connectivity index (χ1v) is 6.27. The van der Waals surface area contributed by atoms with E-state index in [1.807, 2.05) is 30.3 Å². The van der Waals surface area contributed by atoms with Gasteiger partial charge in [-0.3, -0.25) is 0 Å². The van der Waals surface area contributed by atoms with Gasteiger partial charge in [0.15, 0.2) is 5.17 Å². The molecule has 0 atom stereocenters. The molecule has 0 unspecified atom stereocenters. The van der Waals surface area contributed by atoms with Gasteiger partial charge in [-0.25, -0.2) is 4.99 Å². The third-order valence-corrected chi connectivity index (χ3v) is 3.33. The van der Waals surface area contributed by atoms with E-state index in [4.69, 9.17) is 5.26 Å². The van der Waals surface area contributed by atoms with Crippen LogP contribution >= 0.6 is 11.8 Å². The molecule has 0 N–H and O–H groups in total. The molecule has 4 heteroatoms. The Balaban J connectivity index is 2.08. The van der Waals surface area contributed by atoms with Gasteiger partial charge in [0.1, 0.15) is 0 Å². The van der Waals surface area contributed by atoms with Crippen molar-refractivity contribution in [3.05, 3.63) is 30.3 Å². The first-order valence-electron chi connectivity index (χ1n) is 5.28. The summed E-state index contributed by atoms with van der Waals surface area (Å²) in [5.41, 5.74) is 0.980. The highest BCUT2D eigenvalue weighted by Gasteiger charge is 2.18. The highest BCUT2D eigenvalue weighted by atomic mass is 32.2. The molecular weight excluding hydrogens is 218 g/mol. The molecule has 0 aliphatic carbocycles. The predicted octanol–water partition coefficient (Wildman–Crippen LogP) is 2.64. The first-order chi connectivity index (χ1) is 7.90. The van der Waals surface area contributed by atoms with Crippen LogP contribution in [0.3, 0.4) is 0 Å². The molecule has 0 bridgehead atoms. The van der Waals surface area contributed by atoms with Crippen LogP contribution in [-0.4, -0.2) is 28.9 Å². The van der Waals surface area contributed by atoms with Gasteiger partial charge in [-0.2, -0.15) is 5.26 Å². The standard InChI is InChI=1S/C12H13N3S/c13-7-4-8-15-9-10-16-12(15)14-11-5-2-1-3-6-11/h1-3,5-6H,4,8-10H2.